The number of aryl methyl sites for hydroxylation is 1. The Morgan fingerprint density at radius 3 is 2.52 bits per heavy atom. The molecular weight excluding hydrogens is 364 g/mol. The number of halogens is 4. The third-order valence-corrected chi connectivity index (χ3v) is 4.06. The summed E-state index contributed by atoms with van der Waals surface area (Å²) in [5.41, 5.74) is -1.99. The van der Waals surface area contributed by atoms with E-state index in [2.05, 4.69) is 4.98 Å². The smallest absolute Gasteiger partial charge is 0.289 e. The van der Waals surface area contributed by atoms with E-state index in [1.54, 1.807) is 6.92 Å². The first kappa shape index (κ1) is 18.5. The van der Waals surface area contributed by atoms with E-state index >= 15 is 0 Å². The lowest BCUT2D eigenvalue weighted by Crippen LogP contribution is -2.20. The van der Waals surface area contributed by atoms with E-state index in [1.165, 1.54) is 12.1 Å². The van der Waals surface area contributed by atoms with Crippen molar-refractivity contribution in [1.29, 1.82) is 5.26 Å². The van der Waals surface area contributed by atoms with Crippen LogP contribution in [0.25, 0.3) is 0 Å². The number of allylic oxidation sites excluding steroid dienone is 2. The molecule has 4 nitrogen and oxygen atoms in total. The van der Waals surface area contributed by atoms with Crippen LogP contribution in [0.4, 0.5) is 17.6 Å². The number of benzene rings is 1. The second-order valence-corrected chi connectivity index (χ2v) is 6.02. The van der Waals surface area contributed by atoms with Crippen molar-refractivity contribution >= 4 is 11.6 Å². The molecule has 0 radical (unpaired) electrons. The van der Waals surface area contributed by atoms with Gasteiger partial charge in [0.25, 0.3) is 0 Å². The van der Waals surface area contributed by atoms with E-state index in [0.29, 0.717) is 11.6 Å². The number of nitriles is 1. The zero-order chi connectivity index (χ0) is 19.9. The van der Waals surface area contributed by atoms with Crippen molar-refractivity contribution in [2.45, 2.75) is 19.5 Å². The predicted octanol–water partition coefficient (Wildman–Crippen LogP) is 3.97. The van der Waals surface area contributed by atoms with Gasteiger partial charge in [-0.2, -0.15) is 18.4 Å². The van der Waals surface area contributed by atoms with Gasteiger partial charge in [0.15, 0.2) is 17.3 Å². The van der Waals surface area contributed by atoms with Gasteiger partial charge in [0.1, 0.15) is 11.9 Å². The van der Waals surface area contributed by atoms with Crippen LogP contribution in [0, 0.1) is 24.1 Å². The van der Waals surface area contributed by atoms with Crippen molar-refractivity contribution in [3.8, 4) is 6.07 Å². The number of Topliss-reactive ketones (excluding diaryl/α,β-unsaturated/α-hetero) is 1. The molecule has 0 aliphatic heterocycles. The lowest BCUT2D eigenvalue weighted by Gasteiger charge is -2.16. The molecule has 0 unspecified atom stereocenters. The molecule has 1 aromatic carbocycles. The van der Waals surface area contributed by atoms with Gasteiger partial charge in [-0.05, 0) is 42.8 Å². The number of carbonyl (C=O) groups excluding carboxylic acids is 2. The fourth-order valence-electron chi connectivity index (χ4n) is 2.88. The SMILES string of the molecule is Cc1cc(F)c2c(c1)C(=O)C(Cc1ccc(C(F)(F)F)c(C#N)n1)=CC2=O. The fraction of sp³-hybridized carbons (Fsp3) is 0.158. The molecular formula is C19H10F4N2O2. The standard InChI is InChI=1S/C19H10F4N2O2/c1-9-4-12-17(14(20)5-9)16(26)7-10(18(12)27)6-11-2-3-13(19(21,22)23)15(8-24)25-11/h2-5,7H,6H2,1H3. The summed E-state index contributed by atoms with van der Waals surface area (Å²) in [6.45, 7) is 1.57. The van der Waals surface area contributed by atoms with Crippen molar-refractivity contribution in [2.24, 2.45) is 0 Å². The zero-order valence-corrected chi connectivity index (χ0v) is 13.8. The van der Waals surface area contributed by atoms with Gasteiger partial charge in [0, 0.05) is 23.3 Å². The largest absolute Gasteiger partial charge is 0.419 e. The maximum absolute atomic E-state index is 14.0. The molecule has 136 valence electrons. The Hall–Kier alpha value is -3.34. The molecule has 1 aliphatic carbocycles. The molecule has 0 saturated heterocycles. The zero-order valence-electron chi connectivity index (χ0n) is 13.8. The van der Waals surface area contributed by atoms with Crippen molar-refractivity contribution in [3.05, 3.63) is 75.4 Å². The van der Waals surface area contributed by atoms with Gasteiger partial charge in [0.2, 0.25) is 0 Å². The third kappa shape index (κ3) is 3.36. The van der Waals surface area contributed by atoms with E-state index < -0.39 is 34.8 Å². The number of hydrogen-bond donors (Lipinski definition) is 0. The van der Waals surface area contributed by atoms with Crippen LogP contribution in [-0.4, -0.2) is 16.6 Å². The molecule has 2 aromatic rings. The molecule has 1 aromatic heterocycles. The minimum absolute atomic E-state index is 0.0172. The van der Waals surface area contributed by atoms with Gasteiger partial charge >= 0.3 is 6.18 Å². The summed E-state index contributed by atoms with van der Waals surface area (Å²) in [6, 6.07) is 5.64. The molecule has 0 fully saturated rings. The molecule has 0 spiro atoms. The predicted molar refractivity (Wildman–Crippen MR) is 85.5 cm³/mol. The van der Waals surface area contributed by atoms with Crippen LogP contribution < -0.4 is 0 Å². The molecule has 0 amide bonds. The molecule has 1 heterocycles. The van der Waals surface area contributed by atoms with Gasteiger partial charge in [-0.3, -0.25) is 9.59 Å². The van der Waals surface area contributed by atoms with Crippen LogP contribution in [0.5, 0.6) is 0 Å². The Morgan fingerprint density at radius 1 is 1.19 bits per heavy atom. The van der Waals surface area contributed by atoms with E-state index in [0.717, 1.165) is 18.2 Å². The Bertz CT molecular complexity index is 1060. The van der Waals surface area contributed by atoms with Crippen LogP contribution in [-0.2, 0) is 12.6 Å². The summed E-state index contributed by atoms with van der Waals surface area (Å²) in [6.07, 6.45) is -4.04. The Labute approximate surface area is 150 Å². The molecule has 0 saturated carbocycles. The second-order valence-electron chi connectivity index (χ2n) is 6.02. The van der Waals surface area contributed by atoms with Gasteiger partial charge in [0.05, 0.1) is 11.1 Å². The first-order chi connectivity index (χ1) is 12.6. The first-order valence-electron chi connectivity index (χ1n) is 7.68. The van der Waals surface area contributed by atoms with Crippen molar-refractivity contribution in [2.75, 3.05) is 0 Å². The second kappa shape index (κ2) is 6.43. The van der Waals surface area contributed by atoms with Gasteiger partial charge in [-0.25, -0.2) is 9.37 Å². The summed E-state index contributed by atoms with van der Waals surface area (Å²) in [5.74, 6) is -2.12. The molecule has 8 heteroatoms. The van der Waals surface area contributed by atoms with E-state index in [-0.39, 0.29) is 28.8 Å². The lowest BCUT2D eigenvalue weighted by molar-refractivity contribution is -0.138. The highest BCUT2D eigenvalue weighted by atomic mass is 19.4. The number of alkyl halides is 3. The van der Waals surface area contributed by atoms with E-state index in [9.17, 15) is 27.2 Å². The number of aromatic nitrogens is 1. The van der Waals surface area contributed by atoms with Gasteiger partial charge < -0.3 is 0 Å². The summed E-state index contributed by atoms with van der Waals surface area (Å²) < 4.78 is 52.5. The van der Waals surface area contributed by atoms with Crippen molar-refractivity contribution in [3.63, 3.8) is 0 Å². The topological polar surface area (TPSA) is 70.8 Å². The summed E-state index contributed by atoms with van der Waals surface area (Å²) in [5, 5.41) is 8.91. The minimum atomic E-state index is -4.74. The summed E-state index contributed by atoms with van der Waals surface area (Å²) in [7, 11) is 0. The first-order valence-corrected chi connectivity index (χ1v) is 7.68. The number of fused-ring (bicyclic) bond motifs is 1. The summed E-state index contributed by atoms with van der Waals surface area (Å²) >= 11 is 0. The van der Waals surface area contributed by atoms with Crippen LogP contribution in [0.1, 0.15) is 43.2 Å². The lowest BCUT2D eigenvalue weighted by atomic mass is 9.86. The van der Waals surface area contributed by atoms with Crippen LogP contribution in [0.15, 0.2) is 35.9 Å². The summed E-state index contributed by atoms with van der Waals surface area (Å²) in [4.78, 5) is 28.4. The highest BCUT2D eigenvalue weighted by Crippen LogP contribution is 2.32. The van der Waals surface area contributed by atoms with Gasteiger partial charge in [-0.1, -0.05) is 0 Å². The molecule has 3 rings (SSSR count). The number of pyridine rings is 1. The molecule has 0 bridgehead atoms. The Morgan fingerprint density at radius 2 is 1.89 bits per heavy atom. The molecule has 27 heavy (non-hydrogen) atoms. The average molecular weight is 374 g/mol. The quantitative estimate of drug-likeness (QED) is 0.746. The molecule has 1 aliphatic rings. The highest BCUT2D eigenvalue weighted by Gasteiger charge is 2.35. The van der Waals surface area contributed by atoms with Crippen molar-refractivity contribution < 1.29 is 27.2 Å². The van der Waals surface area contributed by atoms with Crippen molar-refractivity contribution in [1.82, 2.24) is 4.98 Å². The maximum Gasteiger partial charge on any atom is 0.419 e. The fourth-order valence-corrected chi connectivity index (χ4v) is 2.88. The average Bonchev–Trinajstić information content (AvgIpc) is 2.57. The molecule has 0 atom stereocenters. The Kier molecular flexibility index (Phi) is 4.39. The third-order valence-electron chi connectivity index (χ3n) is 4.06. The van der Waals surface area contributed by atoms with E-state index in [4.69, 9.17) is 5.26 Å². The number of rotatable bonds is 2. The minimum Gasteiger partial charge on any atom is -0.289 e. The molecule has 0 N–H and O–H groups in total. The number of nitrogens with zero attached hydrogens (tertiary/aromatic N) is 2. The highest BCUT2D eigenvalue weighted by molar-refractivity contribution is 6.24. The van der Waals surface area contributed by atoms with Crippen LogP contribution >= 0.6 is 0 Å². The van der Waals surface area contributed by atoms with Crippen LogP contribution in [0.3, 0.4) is 0 Å². The normalized spacial score (nSPS) is 13.9. The number of ketones is 2. The number of hydrogen-bond acceptors (Lipinski definition) is 4. The van der Waals surface area contributed by atoms with Gasteiger partial charge in [-0.15, -0.1) is 0 Å². The van der Waals surface area contributed by atoms with Crippen LogP contribution in [0.2, 0.25) is 0 Å². The number of carbonyl (C=O) groups is 2. The monoisotopic (exact) mass is 374 g/mol. The Balaban J connectivity index is 1.99. The maximum atomic E-state index is 14.0. The van der Waals surface area contributed by atoms with E-state index in [1.807, 2.05) is 0 Å².